The highest BCUT2D eigenvalue weighted by molar-refractivity contribution is 6.01. The minimum Gasteiger partial charge on any atom is -0.353 e. The fourth-order valence-corrected chi connectivity index (χ4v) is 3.47. The van der Waals surface area contributed by atoms with Gasteiger partial charge in [0.1, 0.15) is 0 Å². The maximum Gasteiger partial charge on any atom is 0.227 e. The molecule has 24 heavy (non-hydrogen) atoms. The summed E-state index contributed by atoms with van der Waals surface area (Å²) in [6, 6.07) is 6.63. The minimum atomic E-state index is -0.224. The Bertz CT molecular complexity index is 621. The van der Waals surface area contributed by atoms with Crippen LogP contribution in [-0.4, -0.2) is 24.4 Å². The summed E-state index contributed by atoms with van der Waals surface area (Å²) in [6.07, 6.45) is 2.47. The number of hydrogen-bond acceptors (Lipinski definition) is 2. The molecule has 1 aliphatic heterocycles. The smallest absolute Gasteiger partial charge is 0.227 e. The van der Waals surface area contributed by atoms with Crippen LogP contribution in [-0.2, 0) is 9.59 Å². The minimum absolute atomic E-state index is 0.0430. The Balaban J connectivity index is 1.90. The molecule has 1 aliphatic carbocycles. The number of para-hydroxylation sites is 1. The van der Waals surface area contributed by atoms with Gasteiger partial charge in [-0.1, -0.05) is 45.9 Å². The van der Waals surface area contributed by atoms with Gasteiger partial charge in [0.05, 0.1) is 11.6 Å². The predicted molar refractivity (Wildman–Crippen MR) is 96.2 cm³/mol. The molecule has 4 heteroatoms. The van der Waals surface area contributed by atoms with Crippen LogP contribution >= 0.6 is 0 Å². The van der Waals surface area contributed by atoms with E-state index in [9.17, 15) is 9.59 Å². The molecule has 1 unspecified atom stereocenters. The van der Waals surface area contributed by atoms with E-state index < -0.39 is 0 Å². The fraction of sp³-hybridized carbons (Fsp3) is 0.600. The molecule has 3 rings (SSSR count). The van der Waals surface area contributed by atoms with Gasteiger partial charge in [0.25, 0.3) is 0 Å². The standard InChI is InChI=1S/C20H28N2O2/c1-12(2)16-6-5-7-17(13(3)4)19(16)22-11-14(10-18(22)23)20(24)21-15-8-9-15/h5-7,12-15H,8-11H2,1-4H3,(H,21,24). The van der Waals surface area contributed by atoms with Crippen LogP contribution < -0.4 is 10.2 Å². The summed E-state index contributed by atoms with van der Waals surface area (Å²) in [7, 11) is 0. The Morgan fingerprint density at radius 2 is 1.71 bits per heavy atom. The number of amides is 2. The molecule has 2 amide bonds. The highest BCUT2D eigenvalue weighted by Crippen LogP contribution is 2.38. The van der Waals surface area contributed by atoms with E-state index in [-0.39, 0.29) is 17.7 Å². The highest BCUT2D eigenvalue weighted by Gasteiger charge is 2.38. The normalized spacial score (nSPS) is 21.0. The van der Waals surface area contributed by atoms with Crippen molar-refractivity contribution < 1.29 is 9.59 Å². The van der Waals surface area contributed by atoms with Crippen molar-refractivity contribution in [3.8, 4) is 0 Å². The van der Waals surface area contributed by atoms with Gasteiger partial charge in [0.2, 0.25) is 11.8 Å². The predicted octanol–water partition coefficient (Wildman–Crippen LogP) is 3.56. The van der Waals surface area contributed by atoms with Crippen LogP contribution in [0.2, 0.25) is 0 Å². The number of anilines is 1. The first kappa shape index (κ1) is 17.0. The van der Waals surface area contributed by atoms with Crippen LogP contribution in [0.15, 0.2) is 18.2 Å². The Labute approximate surface area is 144 Å². The average molecular weight is 328 g/mol. The Kier molecular flexibility index (Phi) is 4.66. The molecule has 0 spiro atoms. The second kappa shape index (κ2) is 6.58. The highest BCUT2D eigenvalue weighted by atomic mass is 16.2. The zero-order valence-electron chi connectivity index (χ0n) is 15.1. The van der Waals surface area contributed by atoms with Gasteiger partial charge in [-0.25, -0.2) is 0 Å². The number of carbonyl (C=O) groups excluding carboxylic acids is 2. The van der Waals surface area contributed by atoms with Crippen molar-refractivity contribution >= 4 is 17.5 Å². The van der Waals surface area contributed by atoms with Crippen LogP contribution in [0.1, 0.15) is 69.9 Å². The van der Waals surface area contributed by atoms with Gasteiger partial charge >= 0.3 is 0 Å². The third kappa shape index (κ3) is 3.33. The molecule has 1 N–H and O–H groups in total. The summed E-state index contributed by atoms with van der Waals surface area (Å²) in [5, 5.41) is 3.05. The fourth-order valence-electron chi connectivity index (χ4n) is 3.47. The monoisotopic (exact) mass is 328 g/mol. The summed E-state index contributed by atoms with van der Waals surface area (Å²) >= 11 is 0. The second-order valence-electron chi connectivity index (χ2n) is 7.78. The summed E-state index contributed by atoms with van der Waals surface area (Å²) in [5.41, 5.74) is 3.42. The lowest BCUT2D eigenvalue weighted by Gasteiger charge is -2.27. The third-order valence-corrected chi connectivity index (χ3v) is 5.03. The SMILES string of the molecule is CC(C)c1cccc(C(C)C)c1N1CC(C(=O)NC2CC2)CC1=O. The van der Waals surface area contributed by atoms with Gasteiger partial charge in [0, 0.05) is 19.0 Å². The molecule has 1 saturated heterocycles. The Morgan fingerprint density at radius 1 is 1.12 bits per heavy atom. The quantitative estimate of drug-likeness (QED) is 0.898. The van der Waals surface area contributed by atoms with Crippen LogP contribution in [0.4, 0.5) is 5.69 Å². The maximum atomic E-state index is 12.7. The summed E-state index contributed by atoms with van der Waals surface area (Å²) < 4.78 is 0. The van der Waals surface area contributed by atoms with E-state index in [0.29, 0.717) is 30.8 Å². The molecule has 1 aromatic carbocycles. The van der Waals surface area contributed by atoms with E-state index in [4.69, 9.17) is 0 Å². The average Bonchev–Trinajstić information content (AvgIpc) is 3.25. The van der Waals surface area contributed by atoms with E-state index >= 15 is 0 Å². The first-order chi connectivity index (χ1) is 11.4. The van der Waals surface area contributed by atoms with Crippen LogP contribution in [0.3, 0.4) is 0 Å². The molecule has 2 aliphatic rings. The number of nitrogens with zero attached hydrogens (tertiary/aromatic N) is 1. The molecule has 4 nitrogen and oxygen atoms in total. The third-order valence-electron chi connectivity index (χ3n) is 5.03. The van der Waals surface area contributed by atoms with Gasteiger partial charge < -0.3 is 10.2 Å². The van der Waals surface area contributed by atoms with Crippen molar-refractivity contribution in [1.29, 1.82) is 0 Å². The molecule has 1 atom stereocenters. The molecule has 1 aromatic rings. The Morgan fingerprint density at radius 3 is 2.21 bits per heavy atom. The van der Waals surface area contributed by atoms with Crippen molar-refractivity contribution in [3.05, 3.63) is 29.3 Å². The zero-order chi connectivity index (χ0) is 17.4. The second-order valence-corrected chi connectivity index (χ2v) is 7.78. The van der Waals surface area contributed by atoms with Crippen molar-refractivity contribution in [2.24, 2.45) is 5.92 Å². The lowest BCUT2D eigenvalue weighted by atomic mass is 9.92. The van der Waals surface area contributed by atoms with Crippen LogP contribution in [0.25, 0.3) is 0 Å². The molecule has 0 bridgehead atoms. The van der Waals surface area contributed by atoms with E-state index in [1.54, 1.807) is 0 Å². The molecular formula is C20H28N2O2. The number of benzene rings is 1. The van der Waals surface area contributed by atoms with Crippen molar-refractivity contribution in [1.82, 2.24) is 5.32 Å². The topological polar surface area (TPSA) is 49.4 Å². The van der Waals surface area contributed by atoms with Gasteiger partial charge in [0.15, 0.2) is 0 Å². The van der Waals surface area contributed by atoms with E-state index in [1.165, 1.54) is 11.1 Å². The number of carbonyl (C=O) groups is 2. The maximum absolute atomic E-state index is 12.7. The molecule has 1 heterocycles. The molecule has 0 aromatic heterocycles. The summed E-state index contributed by atoms with van der Waals surface area (Å²) in [6.45, 7) is 9.12. The van der Waals surface area contributed by atoms with E-state index in [1.807, 2.05) is 4.90 Å². The molecular weight excluding hydrogens is 300 g/mol. The summed E-state index contributed by atoms with van der Waals surface area (Å²) in [4.78, 5) is 26.9. The van der Waals surface area contributed by atoms with Crippen molar-refractivity contribution in [3.63, 3.8) is 0 Å². The largest absolute Gasteiger partial charge is 0.353 e. The van der Waals surface area contributed by atoms with Crippen LogP contribution in [0, 0.1) is 5.92 Å². The molecule has 2 fully saturated rings. The Hall–Kier alpha value is -1.84. The van der Waals surface area contributed by atoms with Gasteiger partial charge in [-0.2, -0.15) is 0 Å². The lowest BCUT2D eigenvalue weighted by Crippen LogP contribution is -2.34. The van der Waals surface area contributed by atoms with Crippen molar-refractivity contribution in [2.75, 3.05) is 11.4 Å². The number of nitrogens with one attached hydrogen (secondary N) is 1. The molecule has 0 radical (unpaired) electrons. The van der Waals surface area contributed by atoms with Crippen LogP contribution in [0.5, 0.6) is 0 Å². The lowest BCUT2D eigenvalue weighted by molar-refractivity contribution is -0.126. The first-order valence-corrected chi connectivity index (χ1v) is 9.12. The zero-order valence-corrected chi connectivity index (χ0v) is 15.1. The van der Waals surface area contributed by atoms with Gasteiger partial charge in [-0.05, 0) is 35.8 Å². The van der Waals surface area contributed by atoms with Gasteiger partial charge in [-0.3, -0.25) is 9.59 Å². The van der Waals surface area contributed by atoms with E-state index in [2.05, 4.69) is 51.2 Å². The number of rotatable bonds is 5. The molecule has 130 valence electrons. The van der Waals surface area contributed by atoms with E-state index in [0.717, 1.165) is 18.5 Å². The first-order valence-electron chi connectivity index (χ1n) is 9.12. The van der Waals surface area contributed by atoms with Crippen molar-refractivity contribution in [2.45, 2.75) is 64.8 Å². The molecule has 1 saturated carbocycles. The van der Waals surface area contributed by atoms with Gasteiger partial charge in [-0.15, -0.1) is 0 Å². The summed E-state index contributed by atoms with van der Waals surface area (Å²) in [5.74, 6) is 0.567. The number of hydrogen-bond donors (Lipinski definition) is 1.